The predicted octanol–water partition coefficient (Wildman–Crippen LogP) is 6.40. The second-order valence-electron chi connectivity index (χ2n) is 6.65. The van der Waals surface area contributed by atoms with E-state index in [0.29, 0.717) is 0 Å². The molecule has 0 spiro atoms. The summed E-state index contributed by atoms with van der Waals surface area (Å²) in [4.78, 5) is 0. The summed E-state index contributed by atoms with van der Waals surface area (Å²) in [5, 5.41) is 0. The molecule has 0 bridgehead atoms. The van der Waals surface area contributed by atoms with Crippen molar-refractivity contribution in [3.05, 3.63) is 0 Å². The quantitative estimate of drug-likeness (QED) is 0.140. The molecule has 0 aromatic heterocycles. The second-order valence-corrected chi connectivity index (χ2v) is 15.4. The molecule has 0 saturated carbocycles. The van der Waals surface area contributed by atoms with Gasteiger partial charge in [0.15, 0.2) is 0 Å². The van der Waals surface area contributed by atoms with Crippen molar-refractivity contribution in [3.8, 4) is 0 Å². The Bertz CT molecular complexity index is 456. The first-order chi connectivity index (χ1) is 13.0. The third-order valence-electron chi connectivity index (χ3n) is 4.27. The molecule has 0 aliphatic carbocycles. The number of hydrogen-bond donors (Lipinski definition) is 0. The molecule has 0 aliphatic rings. The van der Waals surface area contributed by atoms with Gasteiger partial charge in [0.2, 0.25) is 0 Å². The number of rotatable bonds is 14. The van der Waals surface area contributed by atoms with E-state index in [1.165, 1.54) is 13.8 Å². The van der Waals surface area contributed by atoms with E-state index in [-0.39, 0.29) is 39.5 Å². The predicted molar refractivity (Wildman–Crippen MR) is 88.4 cm³/mol. The van der Waals surface area contributed by atoms with Crippen molar-refractivity contribution >= 4 is 19.2 Å². The van der Waals surface area contributed by atoms with E-state index in [9.17, 15) is 43.9 Å². The Morgan fingerprint density at radius 1 is 0.655 bits per heavy atom. The van der Waals surface area contributed by atoms with Crippen LogP contribution in [0.5, 0.6) is 0 Å². The molecule has 2 unspecified atom stereocenters. The van der Waals surface area contributed by atoms with Crippen molar-refractivity contribution < 1.29 is 50.1 Å². The summed E-state index contributed by atoms with van der Waals surface area (Å²) in [6.45, 7) is 0.804. The van der Waals surface area contributed by atoms with Crippen LogP contribution in [0, 0.1) is 0 Å². The van der Waals surface area contributed by atoms with Gasteiger partial charge in [0, 0.05) is 0 Å². The maximum atomic E-state index is 14.8. The molecule has 2 nitrogen and oxygen atoms in total. The standard InChI is InChI=1S/2C4H4F5.2C4H9O.Sn/c2*1-2(5)4(8,9)3(6)7;2*1-2-3-4-5;/h2*2H,1H3;2*2-4H2,1H3;/q;;2*-1;+2. The van der Waals surface area contributed by atoms with Gasteiger partial charge in [-0.2, -0.15) is 0 Å². The summed E-state index contributed by atoms with van der Waals surface area (Å²) >= 11 is -8.42. The van der Waals surface area contributed by atoms with Crippen LogP contribution in [0.25, 0.3) is 0 Å². The summed E-state index contributed by atoms with van der Waals surface area (Å²) in [5.41, 5.74) is 0. The molecule has 0 rings (SSSR count). The SMILES string of the molecule is CCCC[O][Sn]([O]CCCC)([C](F)(F)C(F)(F)C(C)F)[C](F)(F)C(F)(F)C(C)F. The van der Waals surface area contributed by atoms with Crippen LogP contribution in [-0.4, -0.2) is 64.5 Å². The monoisotopic (exact) mass is 560 g/mol. The van der Waals surface area contributed by atoms with Crippen LogP contribution in [-0.2, 0) is 6.15 Å². The molecule has 0 amide bonds. The summed E-state index contributed by atoms with van der Waals surface area (Å²) < 4.78 is 139. The molecular formula is C16H26F10O2Sn. The van der Waals surface area contributed by atoms with Gasteiger partial charge in [0.05, 0.1) is 0 Å². The van der Waals surface area contributed by atoms with Gasteiger partial charge < -0.3 is 0 Å². The zero-order valence-electron chi connectivity index (χ0n) is 16.5. The second kappa shape index (κ2) is 10.6. The molecule has 0 fully saturated rings. The summed E-state index contributed by atoms with van der Waals surface area (Å²) in [5.74, 6) is -11.6. The van der Waals surface area contributed by atoms with Gasteiger partial charge in [-0.05, 0) is 0 Å². The van der Waals surface area contributed by atoms with Crippen LogP contribution in [0.3, 0.4) is 0 Å². The first kappa shape index (κ1) is 29.0. The Hall–Kier alpha value is 0.0187. The third kappa shape index (κ3) is 5.27. The van der Waals surface area contributed by atoms with Gasteiger partial charge in [-0.15, -0.1) is 0 Å². The van der Waals surface area contributed by atoms with Crippen molar-refractivity contribution in [1.82, 2.24) is 0 Å². The molecule has 0 aromatic carbocycles. The fourth-order valence-electron chi connectivity index (χ4n) is 2.26. The maximum absolute atomic E-state index is 14.8. The van der Waals surface area contributed by atoms with Crippen LogP contribution in [0.15, 0.2) is 0 Å². The van der Waals surface area contributed by atoms with Crippen molar-refractivity contribution in [2.24, 2.45) is 0 Å². The van der Waals surface area contributed by atoms with Crippen molar-refractivity contribution in [2.75, 3.05) is 13.2 Å². The molecule has 29 heavy (non-hydrogen) atoms. The van der Waals surface area contributed by atoms with E-state index >= 15 is 0 Å². The minimum absolute atomic E-state index is 0.0311. The van der Waals surface area contributed by atoms with E-state index in [0.717, 1.165) is 0 Å². The van der Waals surface area contributed by atoms with Gasteiger partial charge in [-0.25, -0.2) is 0 Å². The fourth-order valence-corrected chi connectivity index (χ4v) is 11.8. The molecular weight excluding hydrogens is 533 g/mol. The van der Waals surface area contributed by atoms with Crippen molar-refractivity contribution in [1.29, 1.82) is 0 Å². The number of alkyl halides is 10. The van der Waals surface area contributed by atoms with E-state index < -0.39 is 64.5 Å². The van der Waals surface area contributed by atoms with Gasteiger partial charge in [-0.1, -0.05) is 0 Å². The number of unbranched alkanes of at least 4 members (excludes halogenated alkanes) is 2. The summed E-state index contributed by atoms with van der Waals surface area (Å²) in [6, 6.07) is 0. The molecule has 0 radical (unpaired) electrons. The number of hydrogen-bond acceptors (Lipinski definition) is 2. The minimum atomic E-state index is -8.42. The molecule has 0 saturated heterocycles. The van der Waals surface area contributed by atoms with Gasteiger partial charge in [0.1, 0.15) is 0 Å². The van der Waals surface area contributed by atoms with Crippen LogP contribution in [0.4, 0.5) is 43.9 Å². The van der Waals surface area contributed by atoms with Crippen LogP contribution < -0.4 is 0 Å². The first-order valence-electron chi connectivity index (χ1n) is 9.08. The Morgan fingerprint density at radius 2 is 0.931 bits per heavy atom. The Kier molecular flexibility index (Phi) is 10.6. The molecule has 0 aliphatic heterocycles. The fraction of sp³-hybridized carbons (Fsp3) is 1.00. The molecule has 0 heterocycles. The molecule has 13 heteroatoms. The Balaban J connectivity index is 6.84. The van der Waals surface area contributed by atoms with Crippen molar-refractivity contribution in [3.63, 3.8) is 0 Å². The van der Waals surface area contributed by atoms with Gasteiger partial charge >= 0.3 is 168 Å². The molecule has 0 N–H and O–H groups in total. The topological polar surface area (TPSA) is 18.5 Å². The van der Waals surface area contributed by atoms with Gasteiger partial charge in [0.25, 0.3) is 0 Å². The van der Waals surface area contributed by atoms with E-state index in [4.69, 9.17) is 0 Å². The van der Waals surface area contributed by atoms with E-state index in [1.807, 2.05) is 0 Å². The van der Waals surface area contributed by atoms with Crippen molar-refractivity contribution in [2.45, 2.75) is 85.4 Å². The molecule has 0 aromatic rings. The van der Waals surface area contributed by atoms with E-state index in [1.54, 1.807) is 0 Å². The molecule has 176 valence electrons. The third-order valence-corrected chi connectivity index (χ3v) is 14.4. The zero-order chi connectivity index (χ0) is 23.3. The molecule has 2 atom stereocenters. The van der Waals surface area contributed by atoms with Crippen LogP contribution in [0.2, 0.25) is 0 Å². The Labute approximate surface area is 168 Å². The van der Waals surface area contributed by atoms with Crippen LogP contribution >= 0.6 is 0 Å². The first-order valence-corrected chi connectivity index (χ1v) is 14.3. The normalized spacial score (nSPS) is 16.8. The number of halogens is 10. The van der Waals surface area contributed by atoms with Gasteiger partial charge in [-0.3, -0.25) is 0 Å². The van der Waals surface area contributed by atoms with E-state index in [2.05, 4.69) is 6.15 Å². The summed E-state index contributed by atoms with van der Waals surface area (Å²) in [6.07, 6.45) is -7.53. The van der Waals surface area contributed by atoms with Crippen LogP contribution in [0.1, 0.15) is 53.4 Å². The summed E-state index contributed by atoms with van der Waals surface area (Å²) in [7, 11) is 0. The Morgan fingerprint density at radius 3 is 1.14 bits per heavy atom. The zero-order valence-corrected chi connectivity index (χ0v) is 19.3. The average molecular weight is 559 g/mol. The average Bonchev–Trinajstić information content (AvgIpc) is 2.59.